The van der Waals surface area contributed by atoms with Gasteiger partial charge in [0.25, 0.3) is 11.8 Å². The van der Waals surface area contributed by atoms with Crippen molar-refractivity contribution in [2.75, 3.05) is 13.2 Å². The van der Waals surface area contributed by atoms with Crippen molar-refractivity contribution in [2.24, 2.45) is 5.92 Å². The maximum Gasteiger partial charge on any atom is 0.271 e. The van der Waals surface area contributed by atoms with Crippen LogP contribution in [0.5, 0.6) is 5.75 Å². The van der Waals surface area contributed by atoms with Crippen LogP contribution < -0.4 is 4.74 Å². The monoisotopic (exact) mass is 584 g/mol. The zero-order valence-electron chi connectivity index (χ0n) is 25.6. The maximum absolute atomic E-state index is 13.9. The summed E-state index contributed by atoms with van der Waals surface area (Å²) >= 11 is 0. The Bertz CT molecular complexity index is 1780. The molecule has 1 aliphatic rings. The van der Waals surface area contributed by atoms with Gasteiger partial charge in [-0.15, -0.1) is 0 Å². The molecule has 0 unspecified atom stereocenters. The van der Waals surface area contributed by atoms with Gasteiger partial charge in [0.2, 0.25) is 0 Å². The molecule has 0 bridgehead atoms. The van der Waals surface area contributed by atoms with Gasteiger partial charge in [0, 0.05) is 29.4 Å². The average Bonchev–Trinajstić information content (AvgIpc) is 3.45. The number of nitrogens with zero attached hydrogens (tertiary/aromatic N) is 4. The number of ether oxygens (including phenoxy) is 1. The highest BCUT2D eigenvalue weighted by molar-refractivity contribution is 6.19. The lowest BCUT2D eigenvalue weighted by atomic mass is 9.93. The Morgan fingerprint density at radius 3 is 2.32 bits per heavy atom. The number of hydrogen-bond donors (Lipinski definition) is 0. The molecule has 3 aromatic carbocycles. The molecule has 0 spiro atoms. The van der Waals surface area contributed by atoms with Crippen LogP contribution in [-0.2, 0) is 16.0 Å². The number of nitriles is 1. The second-order valence-corrected chi connectivity index (χ2v) is 11.4. The molecule has 5 rings (SSSR count). The summed E-state index contributed by atoms with van der Waals surface area (Å²) in [5.41, 5.74) is 5.71. The first-order valence-electron chi connectivity index (χ1n) is 14.9. The molecule has 0 N–H and O–H groups in total. The highest BCUT2D eigenvalue weighted by Gasteiger charge is 2.35. The maximum atomic E-state index is 13.9. The molecule has 2 amide bonds. The van der Waals surface area contributed by atoms with Gasteiger partial charge in [-0.05, 0) is 85.7 Å². The quantitative estimate of drug-likeness (QED) is 0.146. The molecule has 7 nitrogen and oxygen atoms in total. The van der Waals surface area contributed by atoms with Crippen molar-refractivity contribution >= 4 is 17.9 Å². The molecule has 0 aliphatic carbocycles. The fraction of sp³-hybridized carbons (Fsp3) is 0.243. The highest BCUT2D eigenvalue weighted by atomic mass is 16.5. The minimum absolute atomic E-state index is 0.0281. The zero-order chi connectivity index (χ0) is 31.2. The standard InChI is InChI=1S/C37H36N4O3/c1-25(2)18-20-44-34-16-15-29(21-26(34)3)35-30(24-41(39-35)31-13-9-6-10-14-31)22-32-27(4)33(23-38)37(43)40(36(32)42)19-17-28-11-7-5-8-12-28/h5-16,21-22,24-25H,17-20H2,1-4H3/b32-22+. The van der Waals surface area contributed by atoms with E-state index >= 15 is 0 Å². The van der Waals surface area contributed by atoms with E-state index in [-0.39, 0.29) is 12.1 Å². The van der Waals surface area contributed by atoms with Crippen LogP contribution in [0, 0.1) is 24.2 Å². The molecule has 0 atom stereocenters. The SMILES string of the molecule is CC1=C(C#N)C(=O)N(CCc2ccccc2)C(=O)/C1=C/c1cn(-c2ccccc2)nc1-c1ccc(OCCC(C)C)c(C)c1. The lowest BCUT2D eigenvalue weighted by Gasteiger charge is -2.27. The van der Waals surface area contributed by atoms with E-state index in [0.717, 1.165) is 34.5 Å². The fourth-order valence-electron chi connectivity index (χ4n) is 5.17. The van der Waals surface area contributed by atoms with Crippen LogP contribution in [0.4, 0.5) is 0 Å². The van der Waals surface area contributed by atoms with Gasteiger partial charge in [0.1, 0.15) is 17.4 Å². The molecule has 7 heteroatoms. The molecular weight excluding hydrogens is 548 g/mol. The summed E-state index contributed by atoms with van der Waals surface area (Å²) in [6, 6.07) is 27.4. The number of rotatable bonds is 10. The first-order valence-corrected chi connectivity index (χ1v) is 14.9. The van der Waals surface area contributed by atoms with Crippen LogP contribution >= 0.6 is 0 Å². The highest BCUT2D eigenvalue weighted by Crippen LogP contribution is 2.33. The van der Waals surface area contributed by atoms with E-state index in [1.807, 2.05) is 98.1 Å². The third-order valence-electron chi connectivity index (χ3n) is 7.76. The van der Waals surface area contributed by atoms with Crippen LogP contribution in [0.15, 0.2) is 102 Å². The number of carbonyl (C=O) groups is 2. The van der Waals surface area contributed by atoms with E-state index in [1.165, 1.54) is 4.90 Å². The van der Waals surface area contributed by atoms with Crippen LogP contribution in [0.2, 0.25) is 0 Å². The molecule has 0 saturated carbocycles. The van der Waals surface area contributed by atoms with Gasteiger partial charge in [0.15, 0.2) is 0 Å². The summed E-state index contributed by atoms with van der Waals surface area (Å²) in [7, 11) is 0. The van der Waals surface area contributed by atoms with Gasteiger partial charge in [-0.1, -0.05) is 62.4 Å². The van der Waals surface area contributed by atoms with Crippen molar-refractivity contribution in [3.05, 3.63) is 118 Å². The van der Waals surface area contributed by atoms with E-state index in [0.29, 0.717) is 41.3 Å². The molecule has 44 heavy (non-hydrogen) atoms. The molecule has 0 fully saturated rings. The number of aromatic nitrogens is 2. The van der Waals surface area contributed by atoms with Crippen molar-refractivity contribution < 1.29 is 14.3 Å². The Hall–Kier alpha value is -5.22. The number of benzene rings is 3. The molecule has 0 radical (unpaired) electrons. The largest absolute Gasteiger partial charge is 0.493 e. The molecule has 2 heterocycles. The summed E-state index contributed by atoms with van der Waals surface area (Å²) in [4.78, 5) is 28.3. The van der Waals surface area contributed by atoms with E-state index in [2.05, 4.69) is 13.8 Å². The number of hydrogen-bond acceptors (Lipinski definition) is 5. The van der Waals surface area contributed by atoms with Gasteiger partial charge in [-0.25, -0.2) is 4.68 Å². The zero-order valence-corrected chi connectivity index (χ0v) is 25.6. The van der Waals surface area contributed by atoms with Gasteiger partial charge < -0.3 is 4.74 Å². The van der Waals surface area contributed by atoms with Crippen molar-refractivity contribution in [2.45, 2.75) is 40.5 Å². The molecular formula is C37H36N4O3. The predicted molar refractivity (Wildman–Crippen MR) is 172 cm³/mol. The van der Waals surface area contributed by atoms with Crippen LogP contribution in [0.3, 0.4) is 0 Å². The summed E-state index contributed by atoms with van der Waals surface area (Å²) in [5.74, 6) is 0.389. The van der Waals surface area contributed by atoms with Gasteiger partial charge in [-0.3, -0.25) is 14.5 Å². The number of carbonyl (C=O) groups excluding carboxylic acids is 2. The number of aryl methyl sites for hydroxylation is 1. The Morgan fingerprint density at radius 1 is 0.955 bits per heavy atom. The van der Waals surface area contributed by atoms with Crippen molar-refractivity contribution in [1.29, 1.82) is 5.26 Å². The van der Waals surface area contributed by atoms with Crippen LogP contribution in [0.1, 0.15) is 43.9 Å². The lowest BCUT2D eigenvalue weighted by Crippen LogP contribution is -2.43. The molecule has 1 aliphatic heterocycles. The summed E-state index contributed by atoms with van der Waals surface area (Å²) in [6.45, 7) is 8.82. The lowest BCUT2D eigenvalue weighted by molar-refractivity contribution is -0.140. The topological polar surface area (TPSA) is 88.2 Å². The molecule has 1 aromatic heterocycles. The normalized spacial score (nSPS) is 14.5. The minimum atomic E-state index is -0.563. The number of imide groups is 1. The van der Waals surface area contributed by atoms with E-state index in [4.69, 9.17) is 9.84 Å². The van der Waals surface area contributed by atoms with Crippen molar-refractivity contribution in [1.82, 2.24) is 14.7 Å². The minimum Gasteiger partial charge on any atom is -0.493 e. The van der Waals surface area contributed by atoms with E-state index in [9.17, 15) is 14.9 Å². The predicted octanol–water partition coefficient (Wildman–Crippen LogP) is 7.11. The Balaban J connectivity index is 1.56. The summed E-state index contributed by atoms with van der Waals surface area (Å²) in [5, 5.41) is 14.8. The van der Waals surface area contributed by atoms with E-state index in [1.54, 1.807) is 17.7 Å². The van der Waals surface area contributed by atoms with Crippen LogP contribution in [-0.4, -0.2) is 39.6 Å². The number of para-hydroxylation sites is 1. The molecule has 222 valence electrons. The average molecular weight is 585 g/mol. The first kappa shape index (κ1) is 30.2. The van der Waals surface area contributed by atoms with Crippen molar-refractivity contribution in [3.8, 4) is 28.8 Å². The summed E-state index contributed by atoms with van der Waals surface area (Å²) < 4.78 is 7.82. The van der Waals surface area contributed by atoms with Gasteiger partial charge >= 0.3 is 0 Å². The second kappa shape index (κ2) is 13.4. The third-order valence-corrected chi connectivity index (χ3v) is 7.76. The second-order valence-electron chi connectivity index (χ2n) is 11.4. The van der Waals surface area contributed by atoms with Gasteiger partial charge in [-0.2, -0.15) is 10.4 Å². The third kappa shape index (κ3) is 6.55. The Labute approximate surface area is 258 Å². The fourth-order valence-corrected chi connectivity index (χ4v) is 5.17. The van der Waals surface area contributed by atoms with Gasteiger partial charge in [0.05, 0.1) is 18.0 Å². The smallest absolute Gasteiger partial charge is 0.271 e. The molecule has 4 aromatic rings. The first-order chi connectivity index (χ1) is 21.3. The molecule has 0 saturated heterocycles. The Morgan fingerprint density at radius 2 is 1.66 bits per heavy atom. The number of amides is 2. The van der Waals surface area contributed by atoms with Crippen LogP contribution in [0.25, 0.3) is 23.0 Å². The summed E-state index contributed by atoms with van der Waals surface area (Å²) in [6.07, 6.45) is 5.08. The Kier molecular flexibility index (Phi) is 9.20. The van der Waals surface area contributed by atoms with E-state index < -0.39 is 11.8 Å². The van der Waals surface area contributed by atoms with Crippen molar-refractivity contribution in [3.63, 3.8) is 0 Å².